The van der Waals surface area contributed by atoms with Crippen molar-refractivity contribution >= 4 is 46.2 Å². The van der Waals surface area contributed by atoms with E-state index in [4.69, 9.17) is 23.8 Å². The Morgan fingerprint density at radius 2 is 2.10 bits per heavy atom. The number of hydrogen-bond donors (Lipinski definition) is 2. The summed E-state index contributed by atoms with van der Waals surface area (Å²) < 4.78 is 0. The van der Waals surface area contributed by atoms with Crippen LogP contribution in [0, 0.1) is 5.92 Å². The molecule has 0 saturated carbocycles. The minimum atomic E-state index is -0.282. The fraction of sp³-hybridized carbons (Fsp3) is 0.409. The van der Waals surface area contributed by atoms with Gasteiger partial charge in [0.15, 0.2) is 0 Å². The molecule has 2 aliphatic heterocycles. The molecule has 2 heterocycles. The molecule has 4 rings (SSSR count). The number of carbonyl (C=O) groups excluding carboxylic acids is 2. The van der Waals surface area contributed by atoms with Crippen molar-refractivity contribution in [3.63, 3.8) is 0 Å². The number of fused-ring (bicyclic) bond motifs is 1. The number of carbonyl (C=O) groups is 2. The van der Waals surface area contributed by atoms with Gasteiger partial charge < -0.3 is 15.5 Å². The number of nitrogens with one attached hydrogen (secondary N) is 2. The van der Waals surface area contributed by atoms with Crippen molar-refractivity contribution < 1.29 is 9.59 Å². The second-order valence-corrected chi connectivity index (χ2v) is 8.70. The number of piperidine rings is 1. The maximum absolute atomic E-state index is 12.8. The second-order valence-electron chi connectivity index (χ2n) is 7.77. The van der Waals surface area contributed by atoms with Gasteiger partial charge in [-0.1, -0.05) is 36.0 Å². The third-order valence-corrected chi connectivity index (χ3v) is 6.52. The van der Waals surface area contributed by atoms with Gasteiger partial charge in [-0.25, -0.2) is 0 Å². The van der Waals surface area contributed by atoms with Crippen molar-refractivity contribution in [2.24, 2.45) is 5.92 Å². The Morgan fingerprint density at radius 1 is 1.31 bits per heavy atom. The molecule has 1 aromatic rings. The van der Waals surface area contributed by atoms with E-state index in [2.05, 4.69) is 10.6 Å². The summed E-state index contributed by atoms with van der Waals surface area (Å²) in [5.74, 6) is 0.433. The molecule has 0 aromatic heterocycles. The van der Waals surface area contributed by atoms with E-state index >= 15 is 0 Å². The number of allylic oxidation sites excluding steroid dienone is 3. The van der Waals surface area contributed by atoms with Crippen LogP contribution in [0.4, 0.5) is 5.69 Å². The summed E-state index contributed by atoms with van der Waals surface area (Å²) in [6.45, 7) is 3.40. The zero-order valence-electron chi connectivity index (χ0n) is 16.2. The van der Waals surface area contributed by atoms with Gasteiger partial charge in [-0.3, -0.25) is 9.59 Å². The minimum absolute atomic E-state index is 0.0448. The highest BCUT2D eigenvalue weighted by atomic mass is 35.5. The second kappa shape index (κ2) is 8.78. The number of thiocarbonyl (C=S) groups is 1. The minimum Gasteiger partial charge on any atom is -0.334 e. The predicted octanol–water partition coefficient (Wildman–Crippen LogP) is 3.79. The van der Waals surface area contributed by atoms with Gasteiger partial charge in [0.2, 0.25) is 0 Å². The summed E-state index contributed by atoms with van der Waals surface area (Å²) in [4.78, 5) is 28.1. The summed E-state index contributed by atoms with van der Waals surface area (Å²) in [7, 11) is 0. The Labute approximate surface area is 181 Å². The fourth-order valence-corrected chi connectivity index (χ4v) is 4.58. The molecule has 0 spiro atoms. The third kappa shape index (κ3) is 4.44. The molecule has 1 saturated heterocycles. The number of benzene rings is 1. The van der Waals surface area contributed by atoms with Crippen molar-refractivity contribution in [3.8, 4) is 0 Å². The Bertz CT molecular complexity index is 919. The number of anilines is 1. The molecule has 152 valence electrons. The van der Waals surface area contributed by atoms with Crippen LogP contribution in [0.1, 0.15) is 41.6 Å². The van der Waals surface area contributed by atoms with Crippen LogP contribution in [0.5, 0.6) is 0 Å². The van der Waals surface area contributed by atoms with E-state index in [0.717, 1.165) is 31.6 Å². The summed E-state index contributed by atoms with van der Waals surface area (Å²) in [6, 6.07) is 5.48. The molecule has 2 N–H and O–H groups in total. The molecule has 2 amide bonds. The van der Waals surface area contributed by atoms with Crippen LogP contribution in [0.15, 0.2) is 41.0 Å². The summed E-state index contributed by atoms with van der Waals surface area (Å²) in [6.07, 6.45) is 7.24. The standard InChI is InChI=1S/C22H24ClN3O2S/c23-15-4-5-20(29)17(12-15)21(27)25-19-3-1-2-16-18(19)13-26(22(16)28)11-8-14-6-9-24-10-7-14/h1-4,12,14,24H,5-11,13H2,(H,25,27). The Balaban J connectivity index is 1.46. The van der Waals surface area contributed by atoms with Crippen molar-refractivity contribution in [2.75, 3.05) is 25.0 Å². The van der Waals surface area contributed by atoms with E-state index in [1.165, 1.54) is 12.8 Å². The molecular weight excluding hydrogens is 406 g/mol. The lowest BCUT2D eigenvalue weighted by Gasteiger charge is -2.25. The highest BCUT2D eigenvalue weighted by molar-refractivity contribution is 7.81. The van der Waals surface area contributed by atoms with Gasteiger partial charge in [0.1, 0.15) is 0 Å². The molecule has 0 radical (unpaired) electrons. The number of amides is 2. The van der Waals surface area contributed by atoms with Crippen LogP contribution in [0.25, 0.3) is 0 Å². The van der Waals surface area contributed by atoms with Gasteiger partial charge in [-0.05, 0) is 56.5 Å². The van der Waals surface area contributed by atoms with Crippen LogP contribution in [-0.2, 0) is 11.3 Å². The van der Waals surface area contributed by atoms with Crippen LogP contribution in [0.2, 0.25) is 0 Å². The van der Waals surface area contributed by atoms with Crippen molar-refractivity contribution in [3.05, 3.63) is 52.1 Å². The average Bonchev–Trinajstić information content (AvgIpc) is 3.06. The highest BCUT2D eigenvalue weighted by Crippen LogP contribution is 2.31. The first-order valence-electron chi connectivity index (χ1n) is 10.1. The molecule has 5 nitrogen and oxygen atoms in total. The van der Waals surface area contributed by atoms with Gasteiger partial charge >= 0.3 is 0 Å². The van der Waals surface area contributed by atoms with E-state index in [0.29, 0.717) is 45.6 Å². The Kier molecular flexibility index (Phi) is 6.13. The van der Waals surface area contributed by atoms with E-state index in [1.54, 1.807) is 12.2 Å². The quantitative estimate of drug-likeness (QED) is 0.699. The first-order valence-corrected chi connectivity index (χ1v) is 10.9. The van der Waals surface area contributed by atoms with E-state index in [9.17, 15) is 9.59 Å². The molecule has 0 atom stereocenters. The maximum atomic E-state index is 12.8. The molecule has 0 unspecified atom stereocenters. The third-order valence-electron chi connectivity index (χ3n) is 5.87. The van der Waals surface area contributed by atoms with Crippen molar-refractivity contribution in [1.29, 1.82) is 0 Å². The number of halogens is 1. The molecule has 3 aliphatic rings. The Morgan fingerprint density at radius 3 is 2.90 bits per heavy atom. The monoisotopic (exact) mass is 429 g/mol. The average molecular weight is 430 g/mol. The van der Waals surface area contributed by atoms with Crippen molar-refractivity contribution in [1.82, 2.24) is 10.2 Å². The van der Waals surface area contributed by atoms with Crippen molar-refractivity contribution in [2.45, 2.75) is 32.2 Å². The number of rotatable bonds is 5. The normalized spacial score (nSPS) is 19.7. The maximum Gasteiger partial charge on any atom is 0.256 e. The van der Waals surface area contributed by atoms with E-state index in [1.807, 2.05) is 23.1 Å². The molecule has 29 heavy (non-hydrogen) atoms. The molecule has 0 bridgehead atoms. The first kappa shape index (κ1) is 20.3. The first-order chi connectivity index (χ1) is 14.0. The largest absolute Gasteiger partial charge is 0.334 e. The predicted molar refractivity (Wildman–Crippen MR) is 119 cm³/mol. The van der Waals surface area contributed by atoms with Crippen LogP contribution >= 0.6 is 23.8 Å². The molecular formula is C22H24ClN3O2S. The fourth-order valence-electron chi connectivity index (χ4n) is 4.16. The number of hydrogen-bond acceptors (Lipinski definition) is 4. The zero-order valence-corrected chi connectivity index (χ0v) is 17.7. The van der Waals surface area contributed by atoms with Gasteiger partial charge in [-0.15, -0.1) is 0 Å². The lowest BCUT2D eigenvalue weighted by molar-refractivity contribution is -0.112. The lowest BCUT2D eigenvalue weighted by atomic mass is 9.94. The van der Waals surface area contributed by atoms with Crippen LogP contribution in [0.3, 0.4) is 0 Å². The zero-order chi connectivity index (χ0) is 20.4. The van der Waals surface area contributed by atoms with Gasteiger partial charge in [0.05, 0.1) is 5.57 Å². The van der Waals surface area contributed by atoms with Crippen LogP contribution in [-0.4, -0.2) is 41.2 Å². The summed E-state index contributed by atoms with van der Waals surface area (Å²) in [5.41, 5.74) is 2.63. The van der Waals surface area contributed by atoms with Gasteiger partial charge in [0, 0.05) is 46.2 Å². The lowest BCUT2D eigenvalue weighted by Crippen LogP contribution is -2.31. The number of nitrogens with zero attached hydrogens (tertiary/aromatic N) is 1. The van der Waals surface area contributed by atoms with Gasteiger partial charge in [-0.2, -0.15) is 0 Å². The van der Waals surface area contributed by atoms with E-state index in [-0.39, 0.29) is 11.8 Å². The highest BCUT2D eigenvalue weighted by Gasteiger charge is 2.30. The molecule has 1 aromatic carbocycles. The molecule has 1 aliphatic carbocycles. The van der Waals surface area contributed by atoms with Crippen LogP contribution < -0.4 is 10.6 Å². The smallest absolute Gasteiger partial charge is 0.256 e. The topological polar surface area (TPSA) is 61.4 Å². The Hall–Kier alpha value is -2.02. The van der Waals surface area contributed by atoms with Gasteiger partial charge in [0.25, 0.3) is 11.8 Å². The summed E-state index contributed by atoms with van der Waals surface area (Å²) in [5, 5.41) is 6.83. The summed E-state index contributed by atoms with van der Waals surface area (Å²) >= 11 is 11.4. The SMILES string of the molecule is O=C(Nc1cccc2c1CN(CCC1CCNCC1)C2=O)C1=CC(Cl)=CCC1=S. The van der Waals surface area contributed by atoms with E-state index < -0.39 is 0 Å². The molecule has 1 fully saturated rings. The molecule has 7 heteroatoms.